The molecule has 128 valence electrons. The monoisotopic (exact) mass is 339 g/mol. The van der Waals surface area contributed by atoms with E-state index in [0.29, 0.717) is 0 Å². The zero-order valence-corrected chi connectivity index (χ0v) is 14.9. The first-order valence-corrected chi connectivity index (χ1v) is 9.21. The molecule has 0 N–H and O–H groups in total. The maximum absolute atomic E-state index is 13.5. The zero-order valence-electron chi connectivity index (χ0n) is 14.9. The lowest BCUT2D eigenvalue weighted by Gasteiger charge is -2.39. The molecule has 1 heterocycles. The second-order valence-corrected chi connectivity index (χ2v) is 7.51. The Labute approximate surface area is 154 Å². The molecule has 0 radical (unpaired) electrons. The summed E-state index contributed by atoms with van der Waals surface area (Å²) in [6, 6.07) is 27.5. The molecular formula is C24H21NO. The summed E-state index contributed by atoms with van der Waals surface area (Å²) in [5.74, 6) is 0.471. The summed E-state index contributed by atoms with van der Waals surface area (Å²) in [6.45, 7) is 0. The first kappa shape index (κ1) is 15.4. The van der Waals surface area contributed by atoms with Gasteiger partial charge in [-0.25, -0.2) is 0 Å². The highest BCUT2D eigenvalue weighted by Gasteiger charge is 2.53. The smallest absolute Gasteiger partial charge is 0.237 e. The SMILES string of the molecule is CN1C(=O)[C@]2(Cc3ccccc3[C@H](c3ccccc3)C2)c2ccccc21. The Morgan fingerprint density at radius 2 is 1.58 bits per heavy atom. The lowest BCUT2D eigenvalue weighted by atomic mass is 9.63. The summed E-state index contributed by atoms with van der Waals surface area (Å²) in [5, 5.41) is 0. The van der Waals surface area contributed by atoms with Crippen LogP contribution >= 0.6 is 0 Å². The van der Waals surface area contributed by atoms with E-state index >= 15 is 0 Å². The van der Waals surface area contributed by atoms with Gasteiger partial charge in [-0.1, -0.05) is 72.8 Å². The quantitative estimate of drug-likeness (QED) is 0.630. The molecule has 3 aromatic rings. The molecule has 26 heavy (non-hydrogen) atoms. The minimum Gasteiger partial charge on any atom is -0.314 e. The van der Waals surface area contributed by atoms with Crippen molar-refractivity contribution in [1.29, 1.82) is 0 Å². The Hall–Kier alpha value is -2.87. The second-order valence-electron chi connectivity index (χ2n) is 7.51. The van der Waals surface area contributed by atoms with Crippen molar-refractivity contribution < 1.29 is 4.79 Å². The van der Waals surface area contributed by atoms with Gasteiger partial charge in [0.15, 0.2) is 0 Å². The summed E-state index contributed by atoms with van der Waals surface area (Å²) in [5.41, 5.74) is 5.74. The summed E-state index contributed by atoms with van der Waals surface area (Å²) >= 11 is 0. The number of benzene rings is 3. The molecule has 1 amide bonds. The molecule has 2 nitrogen and oxygen atoms in total. The number of likely N-dealkylation sites (N-methyl/N-ethyl adjacent to an activating group) is 1. The average Bonchev–Trinajstić information content (AvgIpc) is 2.90. The first-order valence-electron chi connectivity index (χ1n) is 9.21. The average molecular weight is 339 g/mol. The van der Waals surface area contributed by atoms with Crippen LogP contribution in [0.5, 0.6) is 0 Å². The maximum atomic E-state index is 13.5. The van der Waals surface area contributed by atoms with Crippen LogP contribution in [0.25, 0.3) is 0 Å². The molecule has 0 saturated carbocycles. The van der Waals surface area contributed by atoms with Gasteiger partial charge in [0.25, 0.3) is 0 Å². The number of carbonyl (C=O) groups is 1. The summed E-state index contributed by atoms with van der Waals surface area (Å²) in [4.78, 5) is 15.3. The summed E-state index contributed by atoms with van der Waals surface area (Å²) in [6.07, 6.45) is 1.61. The predicted octanol–water partition coefficient (Wildman–Crippen LogP) is 4.68. The number of rotatable bonds is 1. The van der Waals surface area contributed by atoms with Gasteiger partial charge < -0.3 is 4.90 Å². The second kappa shape index (κ2) is 5.57. The molecule has 2 aliphatic rings. The molecule has 2 heteroatoms. The minimum absolute atomic E-state index is 0.231. The van der Waals surface area contributed by atoms with Crippen LogP contribution in [0.1, 0.15) is 34.6 Å². The normalized spacial score (nSPS) is 23.8. The van der Waals surface area contributed by atoms with Crippen LogP contribution in [-0.2, 0) is 16.6 Å². The molecule has 0 fully saturated rings. The van der Waals surface area contributed by atoms with Crippen LogP contribution in [-0.4, -0.2) is 13.0 Å². The number of carbonyl (C=O) groups excluding carboxylic acids is 1. The van der Waals surface area contributed by atoms with Crippen LogP contribution in [0.15, 0.2) is 78.9 Å². The highest BCUT2D eigenvalue weighted by molar-refractivity contribution is 6.08. The van der Waals surface area contributed by atoms with E-state index in [0.717, 1.165) is 18.5 Å². The van der Waals surface area contributed by atoms with Gasteiger partial charge in [0.2, 0.25) is 5.91 Å². The highest BCUT2D eigenvalue weighted by Crippen LogP contribution is 2.53. The number of hydrogen-bond acceptors (Lipinski definition) is 1. The van der Waals surface area contributed by atoms with Gasteiger partial charge in [0.1, 0.15) is 0 Å². The van der Waals surface area contributed by atoms with Gasteiger partial charge >= 0.3 is 0 Å². The molecular weight excluding hydrogens is 318 g/mol. The van der Waals surface area contributed by atoms with E-state index in [1.807, 2.05) is 18.0 Å². The molecule has 0 aromatic heterocycles. The standard InChI is InChI=1S/C24H21NO/c1-25-22-14-8-7-13-21(22)24(23(25)26)15-18-11-5-6-12-19(18)20(16-24)17-9-3-2-4-10-17/h2-14,20H,15-16H2,1H3/t20-,24-/m0/s1. The van der Waals surface area contributed by atoms with Crippen molar-refractivity contribution in [2.45, 2.75) is 24.2 Å². The third kappa shape index (κ3) is 2.02. The largest absolute Gasteiger partial charge is 0.314 e. The Morgan fingerprint density at radius 1 is 0.885 bits per heavy atom. The van der Waals surface area contributed by atoms with E-state index in [2.05, 4.69) is 72.8 Å². The summed E-state index contributed by atoms with van der Waals surface area (Å²) < 4.78 is 0. The van der Waals surface area contributed by atoms with Crippen molar-refractivity contribution in [3.05, 3.63) is 101 Å². The highest BCUT2D eigenvalue weighted by atomic mass is 16.2. The van der Waals surface area contributed by atoms with Crippen molar-refractivity contribution in [2.24, 2.45) is 0 Å². The van der Waals surface area contributed by atoms with E-state index in [4.69, 9.17) is 0 Å². The van der Waals surface area contributed by atoms with Crippen molar-refractivity contribution >= 4 is 11.6 Å². The fraction of sp³-hybridized carbons (Fsp3) is 0.208. The Balaban J connectivity index is 1.73. The van der Waals surface area contributed by atoms with Crippen molar-refractivity contribution in [2.75, 3.05) is 11.9 Å². The number of hydrogen-bond donors (Lipinski definition) is 0. The maximum Gasteiger partial charge on any atom is 0.237 e. The number of anilines is 1. The Morgan fingerprint density at radius 3 is 2.42 bits per heavy atom. The third-order valence-corrected chi connectivity index (χ3v) is 6.17. The van der Waals surface area contributed by atoms with Gasteiger partial charge in [-0.3, -0.25) is 4.79 Å². The molecule has 5 rings (SSSR count). The topological polar surface area (TPSA) is 20.3 Å². The Bertz CT molecular complexity index is 994. The zero-order chi connectivity index (χ0) is 17.7. The number of para-hydroxylation sites is 1. The van der Waals surface area contributed by atoms with Gasteiger partial charge in [-0.2, -0.15) is 0 Å². The summed E-state index contributed by atoms with van der Waals surface area (Å²) in [7, 11) is 1.91. The van der Waals surface area contributed by atoms with Gasteiger partial charge in [0, 0.05) is 18.7 Å². The van der Waals surface area contributed by atoms with Crippen molar-refractivity contribution in [1.82, 2.24) is 0 Å². The van der Waals surface area contributed by atoms with Gasteiger partial charge in [-0.15, -0.1) is 0 Å². The van der Waals surface area contributed by atoms with Crippen LogP contribution < -0.4 is 4.90 Å². The van der Waals surface area contributed by atoms with E-state index in [1.165, 1.54) is 22.3 Å². The molecule has 0 saturated heterocycles. The van der Waals surface area contributed by atoms with Crippen LogP contribution in [0.2, 0.25) is 0 Å². The van der Waals surface area contributed by atoms with Gasteiger partial charge in [-0.05, 0) is 41.2 Å². The molecule has 1 aliphatic heterocycles. The number of amides is 1. The fourth-order valence-corrected chi connectivity index (χ4v) is 4.96. The van der Waals surface area contributed by atoms with Crippen LogP contribution in [0.3, 0.4) is 0 Å². The van der Waals surface area contributed by atoms with E-state index < -0.39 is 5.41 Å². The van der Waals surface area contributed by atoms with E-state index in [-0.39, 0.29) is 11.8 Å². The number of nitrogens with zero attached hydrogens (tertiary/aromatic N) is 1. The van der Waals surface area contributed by atoms with Crippen molar-refractivity contribution in [3.8, 4) is 0 Å². The number of fused-ring (bicyclic) bond motifs is 3. The van der Waals surface area contributed by atoms with E-state index in [1.54, 1.807) is 0 Å². The third-order valence-electron chi connectivity index (χ3n) is 6.17. The molecule has 3 aromatic carbocycles. The molecule has 1 spiro atoms. The predicted molar refractivity (Wildman–Crippen MR) is 105 cm³/mol. The van der Waals surface area contributed by atoms with Gasteiger partial charge in [0.05, 0.1) is 5.41 Å². The lowest BCUT2D eigenvalue weighted by molar-refractivity contribution is -0.123. The minimum atomic E-state index is -0.458. The van der Waals surface area contributed by atoms with Crippen molar-refractivity contribution in [3.63, 3.8) is 0 Å². The first-order chi connectivity index (χ1) is 12.7. The molecule has 1 aliphatic carbocycles. The fourth-order valence-electron chi connectivity index (χ4n) is 4.96. The van der Waals surface area contributed by atoms with E-state index in [9.17, 15) is 4.79 Å². The van der Waals surface area contributed by atoms with Crippen LogP contribution in [0, 0.1) is 0 Å². The molecule has 0 unspecified atom stereocenters. The molecule has 0 bridgehead atoms. The lowest BCUT2D eigenvalue weighted by Crippen LogP contribution is -2.44. The molecule has 2 atom stereocenters. The van der Waals surface area contributed by atoms with Crippen LogP contribution in [0.4, 0.5) is 5.69 Å². The Kier molecular flexibility index (Phi) is 3.30.